The summed E-state index contributed by atoms with van der Waals surface area (Å²) in [6, 6.07) is 8.42. The lowest BCUT2D eigenvalue weighted by molar-refractivity contribution is 0.0595. The van der Waals surface area contributed by atoms with E-state index in [2.05, 4.69) is 14.7 Å². The molecule has 6 heteroatoms. The summed E-state index contributed by atoms with van der Waals surface area (Å²) in [5.74, 6) is 0.502. The minimum atomic E-state index is -0.499. The molecule has 0 aliphatic heterocycles. The van der Waals surface area contributed by atoms with Crippen LogP contribution in [0.15, 0.2) is 36.5 Å². The molecule has 0 atom stereocenters. The predicted octanol–water partition coefficient (Wildman–Crippen LogP) is 3.16. The Bertz CT molecular complexity index is 837. The maximum Gasteiger partial charge on any atom is 0.354 e. The van der Waals surface area contributed by atoms with Crippen molar-refractivity contribution < 1.29 is 19.4 Å². The van der Waals surface area contributed by atoms with Crippen molar-refractivity contribution in [2.45, 2.75) is 6.92 Å². The third kappa shape index (κ3) is 2.58. The predicted molar refractivity (Wildman–Crippen MR) is 80.4 cm³/mol. The molecule has 0 radical (unpaired) electrons. The molecule has 3 rings (SSSR count). The zero-order valence-corrected chi connectivity index (χ0v) is 12.1. The molecule has 2 N–H and O–H groups in total. The number of aromatic nitrogens is 2. The Morgan fingerprint density at radius 1 is 1.23 bits per heavy atom. The zero-order chi connectivity index (χ0) is 15.7. The van der Waals surface area contributed by atoms with Crippen molar-refractivity contribution in [3.63, 3.8) is 0 Å². The number of hydrogen-bond donors (Lipinski definition) is 2. The summed E-state index contributed by atoms with van der Waals surface area (Å²) in [6.45, 7) is 1.88. The van der Waals surface area contributed by atoms with E-state index < -0.39 is 5.97 Å². The number of phenols is 1. The van der Waals surface area contributed by atoms with E-state index in [-0.39, 0.29) is 11.4 Å². The third-order valence-corrected chi connectivity index (χ3v) is 3.21. The summed E-state index contributed by atoms with van der Waals surface area (Å²) in [7, 11) is 1.30. The van der Waals surface area contributed by atoms with E-state index >= 15 is 0 Å². The molecule has 0 bridgehead atoms. The Kier molecular flexibility index (Phi) is 3.42. The van der Waals surface area contributed by atoms with Gasteiger partial charge in [0, 0.05) is 17.1 Å². The second-order valence-electron chi connectivity index (χ2n) is 4.82. The number of ether oxygens (including phenoxy) is 2. The average molecular weight is 298 g/mol. The number of phenolic OH excluding ortho intramolecular Hbond substituents is 1. The number of aryl methyl sites for hydroxylation is 1. The Morgan fingerprint density at radius 3 is 2.73 bits per heavy atom. The van der Waals surface area contributed by atoms with Gasteiger partial charge >= 0.3 is 5.97 Å². The summed E-state index contributed by atoms with van der Waals surface area (Å²) >= 11 is 0. The fourth-order valence-electron chi connectivity index (χ4n) is 2.13. The number of benzene rings is 1. The van der Waals surface area contributed by atoms with Crippen molar-refractivity contribution in [3.05, 3.63) is 47.9 Å². The van der Waals surface area contributed by atoms with Crippen molar-refractivity contribution in [3.8, 4) is 17.2 Å². The molecule has 0 fully saturated rings. The fourth-order valence-corrected chi connectivity index (χ4v) is 2.13. The average Bonchev–Trinajstić information content (AvgIpc) is 2.93. The lowest BCUT2D eigenvalue weighted by Gasteiger charge is -2.06. The number of esters is 1. The Labute approximate surface area is 126 Å². The number of aromatic amines is 1. The minimum Gasteiger partial charge on any atom is -0.506 e. The molecule has 2 heterocycles. The fraction of sp³-hybridized carbons (Fsp3) is 0.125. The van der Waals surface area contributed by atoms with Crippen LogP contribution in [0.1, 0.15) is 16.2 Å². The standard InChI is InChI=1S/C16H14N2O4/c1-9-3-4-11(8-17-9)22-12-5-10-6-13(16(20)21-2)18-15(10)14(19)7-12/h3-8,18-19H,1-2H3. The highest BCUT2D eigenvalue weighted by atomic mass is 16.5. The topological polar surface area (TPSA) is 84.4 Å². The largest absolute Gasteiger partial charge is 0.506 e. The van der Waals surface area contributed by atoms with Gasteiger partial charge in [0.25, 0.3) is 0 Å². The van der Waals surface area contributed by atoms with Crippen molar-refractivity contribution in [1.82, 2.24) is 9.97 Å². The highest BCUT2D eigenvalue weighted by Crippen LogP contribution is 2.32. The van der Waals surface area contributed by atoms with Crippen LogP contribution in [0.3, 0.4) is 0 Å². The van der Waals surface area contributed by atoms with Gasteiger partial charge < -0.3 is 19.6 Å². The summed E-state index contributed by atoms with van der Waals surface area (Å²) in [5.41, 5.74) is 1.61. The normalized spacial score (nSPS) is 10.6. The molecule has 0 saturated heterocycles. The molecular formula is C16H14N2O4. The van der Waals surface area contributed by atoms with Crippen molar-refractivity contribution in [1.29, 1.82) is 0 Å². The molecule has 0 unspecified atom stereocenters. The Morgan fingerprint density at radius 2 is 2.05 bits per heavy atom. The molecule has 0 aliphatic rings. The van der Waals surface area contributed by atoms with E-state index in [1.54, 1.807) is 24.4 Å². The molecule has 112 valence electrons. The van der Waals surface area contributed by atoms with Gasteiger partial charge in [-0.25, -0.2) is 4.79 Å². The van der Waals surface area contributed by atoms with E-state index in [4.69, 9.17) is 4.74 Å². The van der Waals surface area contributed by atoms with Gasteiger partial charge in [-0.05, 0) is 31.2 Å². The van der Waals surface area contributed by atoms with Crippen molar-refractivity contribution >= 4 is 16.9 Å². The van der Waals surface area contributed by atoms with Crippen LogP contribution < -0.4 is 4.74 Å². The number of nitrogens with zero attached hydrogens (tertiary/aromatic N) is 1. The van der Waals surface area contributed by atoms with Gasteiger partial charge in [-0.2, -0.15) is 0 Å². The number of rotatable bonds is 3. The number of fused-ring (bicyclic) bond motifs is 1. The molecule has 0 spiro atoms. The van der Waals surface area contributed by atoms with E-state index in [9.17, 15) is 9.90 Å². The van der Waals surface area contributed by atoms with Gasteiger partial charge in [-0.1, -0.05) is 0 Å². The number of carbonyl (C=O) groups is 1. The molecule has 22 heavy (non-hydrogen) atoms. The van der Waals surface area contributed by atoms with Crippen molar-refractivity contribution in [2.24, 2.45) is 0 Å². The first-order valence-corrected chi connectivity index (χ1v) is 6.61. The third-order valence-electron chi connectivity index (χ3n) is 3.21. The summed E-state index contributed by atoms with van der Waals surface area (Å²) < 4.78 is 10.3. The summed E-state index contributed by atoms with van der Waals surface area (Å²) in [4.78, 5) is 18.5. The first-order valence-electron chi connectivity index (χ1n) is 6.61. The van der Waals surface area contributed by atoms with Crippen molar-refractivity contribution in [2.75, 3.05) is 7.11 Å². The second kappa shape index (κ2) is 5.40. The van der Waals surface area contributed by atoms with E-state index in [1.807, 2.05) is 13.0 Å². The number of aromatic hydroxyl groups is 1. The van der Waals surface area contributed by atoms with Gasteiger partial charge in [0.1, 0.15) is 22.9 Å². The molecule has 1 aromatic carbocycles. The van der Waals surface area contributed by atoms with E-state index in [1.165, 1.54) is 13.2 Å². The Balaban J connectivity index is 1.97. The number of methoxy groups -OCH3 is 1. The van der Waals surface area contributed by atoms with E-state index in [0.717, 1.165) is 5.69 Å². The molecule has 0 saturated carbocycles. The van der Waals surface area contributed by atoms with Crippen LogP contribution in [-0.2, 0) is 4.74 Å². The number of carbonyl (C=O) groups excluding carboxylic acids is 1. The lowest BCUT2D eigenvalue weighted by Crippen LogP contribution is -2.00. The number of hydrogen-bond acceptors (Lipinski definition) is 5. The van der Waals surface area contributed by atoms with Crippen LogP contribution in [0.2, 0.25) is 0 Å². The lowest BCUT2D eigenvalue weighted by atomic mass is 10.2. The van der Waals surface area contributed by atoms with Gasteiger partial charge in [-0.3, -0.25) is 4.98 Å². The highest BCUT2D eigenvalue weighted by Gasteiger charge is 2.13. The van der Waals surface area contributed by atoms with Crippen LogP contribution in [0.25, 0.3) is 10.9 Å². The van der Waals surface area contributed by atoms with Gasteiger partial charge in [0.05, 0.1) is 18.8 Å². The van der Waals surface area contributed by atoms with Gasteiger partial charge in [0.2, 0.25) is 0 Å². The first-order chi connectivity index (χ1) is 10.6. The number of pyridine rings is 1. The maximum absolute atomic E-state index is 11.5. The number of nitrogens with one attached hydrogen (secondary N) is 1. The van der Waals surface area contributed by atoms with Crippen LogP contribution in [0.4, 0.5) is 0 Å². The molecule has 2 aromatic heterocycles. The van der Waals surface area contributed by atoms with Gasteiger partial charge in [0.15, 0.2) is 0 Å². The van der Waals surface area contributed by atoms with E-state index in [0.29, 0.717) is 22.4 Å². The first kappa shape index (κ1) is 13.9. The molecule has 6 nitrogen and oxygen atoms in total. The Hall–Kier alpha value is -3.02. The molecular weight excluding hydrogens is 284 g/mol. The van der Waals surface area contributed by atoms with Crippen LogP contribution in [-0.4, -0.2) is 28.2 Å². The quantitative estimate of drug-likeness (QED) is 0.726. The molecule has 0 amide bonds. The highest BCUT2D eigenvalue weighted by molar-refractivity contribution is 5.97. The number of H-pyrrole nitrogens is 1. The monoisotopic (exact) mass is 298 g/mol. The summed E-state index contributed by atoms with van der Waals surface area (Å²) in [5, 5.41) is 10.7. The van der Waals surface area contributed by atoms with Crippen LogP contribution in [0.5, 0.6) is 17.2 Å². The van der Waals surface area contributed by atoms with Gasteiger partial charge in [-0.15, -0.1) is 0 Å². The molecule has 0 aliphatic carbocycles. The zero-order valence-electron chi connectivity index (χ0n) is 12.1. The smallest absolute Gasteiger partial charge is 0.354 e. The summed E-state index contributed by atoms with van der Waals surface area (Å²) in [6.07, 6.45) is 1.60. The van der Waals surface area contributed by atoms with Crippen LogP contribution >= 0.6 is 0 Å². The maximum atomic E-state index is 11.5. The second-order valence-corrected chi connectivity index (χ2v) is 4.82. The minimum absolute atomic E-state index is 0.0114. The van der Waals surface area contributed by atoms with Crippen LogP contribution in [0, 0.1) is 6.92 Å². The molecule has 3 aromatic rings. The SMILES string of the molecule is COC(=O)c1cc2cc(Oc3ccc(C)nc3)cc(O)c2[nH]1.